The zero-order valence-corrected chi connectivity index (χ0v) is 17.4. The van der Waals surface area contributed by atoms with Crippen molar-refractivity contribution in [2.24, 2.45) is 0 Å². The predicted molar refractivity (Wildman–Crippen MR) is 105 cm³/mol. The largest absolute Gasteiger partial charge is 0.477 e. The van der Waals surface area contributed by atoms with E-state index in [1.807, 2.05) is 0 Å². The zero-order chi connectivity index (χ0) is 22.9. The molecule has 31 heavy (non-hydrogen) atoms. The molecule has 0 radical (unpaired) electrons. The Morgan fingerprint density at radius 2 is 2.16 bits per heavy atom. The molecule has 0 spiro atoms. The number of amides is 2. The number of carboxylic acid groups (broad SMARTS) is 1. The van der Waals surface area contributed by atoms with E-state index in [9.17, 15) is 34.4 Å². The van der Waals surface area contributed by atoms with Crippen molar-refractivity contribution in [2.75, 3.05) is 12.4 Å². The molecule has 13 nitrogen and oxygen atoms in total. The lowest BCUT2D eigenvalue weighted by Crippen LogP contribution is -2.70. The number of β-lactam (4-membered cyclic amide) rings is 1. The number of carbonyl (C=O) groups excluding carboxylic acids is 3. The highest BCUT2D eigenvalue weighted by Gasteiger charge is 2.54. The number of fused-ring (bicyclic) bond motifs is 1. The Labute approximate surface area is 179 Å². The fourth-order valence-corrected chi connectivity index (χ4v) is 4.57. The molecule has 0 saturated carbocycles. The van der Waals surface area contributed by atoms with Gasteiger partial charge in [0.1, 0.15) is 35.6 Å². The quantitative estimate of drug-likeness (QED) is 0.232. The first kappa shape index (κ1) is 22.3. The lowest BCUT2D eigenvalue weighted by atomic mass is 10.0. The first-order valence-electron chi connectivity index (χ1n) is 9.11. The van der Waals surface area contributed by atoms with Crippen LogP contribution in [0, 0.1) is 17.0 Å². The highest BCUT2D eigenvalue weighted by Crippen LogP contribution is 2.40. The molecule has 0 aliphatic carbocycles. The number of nitro groups is 1. The van der Waals surface area contributed by atoms with E-state index in [-0.39, 0.29) is 42.4 Å². The van der Waals surface area contributed by atoms with Crippen LogP contribution in [0.3, 0.4) is 0 Å². The van der Waals surface area contributed by atoms with Gasteiger partial charge in [0.25, 0.3) is 5.91 Å². The first-order chi connectivity index (χ1) is 14.6. The lowest BCUT2D eigenvalue weighted by Gasteiger charge is -2.49. The van der Waals surface area contributed by atoms with Gasteiger partial charge in [0, 0.05) is 31.2 Å². The fraction of sp³-hybridized carbons (Fsp3) is 0.471. The maximum absolute atomic E-state index is 12.5. The van der Waals surface area contributed by atoms with Crippen LogP contribution < -0.4 is 5.32 Å². The number of hydrogen-bond acceptors (Lipinski definition) is 9. The van der Waals surface area contributed by atoms with Gasteiger partial charge in [-0.2, -0.15) is 5.10 Å². The van der Waals surface area contributed by atoms with Crippen molar-refractivity contribution in [1.29, 1.82) is 0 Å². The normalized spacial score (nSPS) is 20.1. The van der Waals surface area contributed by atoms with Crippen LogP contribution in [-0.4, -0.2) is 72.2 Å². The van der Waals surface area contributed by atoms with Crippen LogP contribution in [0.25, 0.3) is 0 Å². The van der Waals surface area contributed by atoms with Crippen molar-refractivity contribution in [3.8, 4) is 0 Å². The van der Waals surface area contributed by atoms with Gasteiger partial charge in [-0.3, -0.25) is 34.1 Å². The van der Waals surface area contributed by atoms with E-state index in [1.165, 1.54) is 36.5 Å². The molecule has 2 aliphatic rings. The van der Waals surface area contributed by atoms with Crippen LogP contribution in [0.4, 0.5) is 5.69 Å². The second-order valence-electron chi connectivity index (χ2n) is 6.86. The molecule has 2 aliphatic heterocycles. The fourth-order valence-electron chi connectivity index (χ4n) is 3.25. The number of rotatable bonds is 8. The number of esters is 1. The monoisotopic (exact) mass is 453 g/mol. The molecule has 0 aromatic carbocycles. The topological polar surface area (TPSA) is 174 Å². The number of carbonyl (C=O) groups is 4. The molecule has 1 saturated heterocycles. The van der Waals surface area contributed by atoms with Gasteiger partial charge in [-0.15, -0.1) is 11.8 Å². The van der Waals surface area contributed by atoms with Gasteiger partial charge in [0.2, 0.25) is 5.91 Å². The highest BCUT2D eigenvalue weighted by atomic mass is 32.2. The van der Waals surface area contributed by atoms with Crippen molar-refractivity contribution in [3.05, 3.63) is 33.3 Å². The minimum atomic E-state index is -1.32. The maximum Gasteiger partial charge on any atom is 0.352 e. The van der Waals surface area contributed by atoms with E-state index in [0.717, 1.165) is 4.90 Å². The molecule has 2 amide bonds. The molecule has 3 rings (SSSR count). The summed E-state index contributed by atoms with van der Waals surface area (Å²) < 4.78 is 6.14. The van der Waals surface area contributed by atoms with Crippen molar-refractivity contribution in [2.45, 2.75) is 38.2 Å². The Hall–Kier alpha value is -3.42. The number of nitrogens with one attached hydrogen (secondary N) is 1. The SMILES string of the molecule is CC(=O)OCC1=C(C(=O)O)N2C(=O)[C@H](NC(=O)CCn3cc([N+](=O)[O-])c(C)n3)[C@H]2SC1. The molecule has 2 atom stereocenters. The van der Waals surface area contributed by atoms with Crippen molar-refractivity contribution < 1.29 is 33.9 Å². The van der Waals surface area contributed by atoms with E-state index in [1.54, 1.807) is 0 Å². The van der Waals surface area contributed by atoms with Gasteiger partial charge >= 0.3 is 17.6 Å². The molecule has 14 heteroatoms. The minimum Gasteiger partial charge on any atom is -0.477 e. The zero-order valence-electron chi connectivity index (χ0n) is 16.6. The molecule has 1 fully saturated rings. The standard InChI is InChI=1S/C17H19N5O8S/c1-8-11(22(28)29)5-20(19-8)4-3-12(24)18-13-15(25)21-14(17(26)27)10(6-30-9(2)23)7-31-16(13)21/h5,13,16H,3-4,6-7H2,1-2H3,(H,18,24)(H,26,27)/t13-,16+/m0/s1. The summed E-state index contributed by atoms with van der Waals surface area (Å²) in [4.78, 5) is 58.9. The number of thioether (sulfide) groups is 1. The predicted octanol–water partition coefficient (Wildman–Crippen LogP) is -0.208. The second kappa shape index (κ2) is 8.75. The Balaban J connectivity index is 1.61. The van der Waals surface area contributed by atoms with Gasteiger partial charge in [0.05, 0.1) is 4.92 Å². The Morgan fingerprint density at radius 1 is 1.45 bits per heavy atom. The molecule has 2 N–H and O–H groups in total. The average Bonchev–Trinajstić information content (AvgIpc) is 3.08. The second-order valence-corrected chi connectivity index (χ2v) is 7.97. The molecule has 1 aromatic rings. The Morgan fingerprint density at radius 3 is 2.74 bits per heavy atom. The van der Waals surface area contributed by atoms with Crippen LogP contribution in [0.1, 0.15) is 19.0 Å². The summed E-state index contributed by atoms with van der Waals surface area (Å²) in [5, 5.41) is 26.3. The van der Waals surface area contributed by atoms with Gasteiger partial charge in [0.15, 0.2) is 0 Å². The number of aryl methyl sites for hydroxylation is 2. The molecular weight excluding hydrogens is 434 g/mol. The third kappa shape index (κ3) is 4.52. The maximum atomic E-state index is 12.5. The number of aliphatic carboxylic acids is 1. The molecule has 1 aromatic heterocycles. The molecule has 0 bridgehead atoms. The lowest BCUT2D eigenvalue weighted by molar-refractivity contribution is -0.385. The van der Waals surface area contributed by atoms with Crippen LogP contribution in [0.15, 0.2) is 17.5 Å². The molecule has 166 valence electrons. The van der Waals surface area contributed by atoms with Gasteiger partial charge in [-0.05, 0) is 6.92 Å². The van der Waals surface area contributed by atoms with Crippen LogP contribution >= 0.6 is 11.8 Å². The Kier molecular flexibility index (Phi) is 6.29. The first-order valence-corrected chi connectivity index (χ1v) is 10.2. The summed E-state index contributed by atoms with van der Waals surface area (Å²) in [6.45, 7) is 2.53. The van der Waals surface area contributed by atoms with Gasteiger partial charge in [-0.1, -0.05) is 0 Å². The van der Waals surface area contributed by atoms with Gasteiger partial charge in [-0.25, -0.2) is 4.79 Å². The Bertz CT molecular complexity index is 1000. The molecule has 3 heterocycles. The van der Waals surface area contributed by atoms with Crippen molar-refractivity contribution >= 4 is 41.2 Å². The third-order valence-electron chi connectivity index (χ3n) is 4.70. The van der Waals surface area contributed by atoms with Crippen molar-refractivity contribution in [1.82, 2.24) is 20.0 Å². The van der Waals surface area contributed by atoms with Crippen LogP contribution in [0.5, 0.6) is 0 Å². The smallest absolute Gasteiger partial charge is 0.352 e. The summed E-state index contributed by atoms with van der Waals surface area (Å²) in [6.07, 6.45) is 1.16. The van der Waals surface area contributed by atoms with Crippen LogP contribution in [-0.2, 0) is 30.5 Å². The molecular formula is C17H19N5O8S. The third-order valence-corrected chi connectivity index (χ3v) is 6.04. The summed E-state index contributed by atoms with van der Waals surface area (Å²) in [7, 11) is 0. The number of hydrogen-bond donors (Lipinski definition) is 2. The highest BCUT2D eigenvalue weighted by molar-refractivity contribution is 8.00. The number of carboxylic acids is 1. The summed E-state index contributed by atoms with van der Waals surface area (Å²) in [5.41, 5.74) is 0.144. The van der Waals surface area contributed by atoms with E-state index in [4.69, 9.17) is 4.74 Å². The average molecular weight is 453 g/mol. The summed E-state index contributed by atoms with van der Waals surface area (Å²) >= 11 is 1.26. The van der Waals surface area contributed by atoms with E-state index in [0.29, 0.717) is 5.57 Å². The number of nitrogens with zero attached hydrogens (tertiary/aromatic N) is 4. The summed E-state index contributed by atoms with van der Waals surface area (Å²) in [5.74, 6) is -2.70. The summed E-state index contributed by atoms with van der Waals surface area (Å²) in [6, 6.07) is -0.893. The van der Waals surface area contributed by atoms with Gasteiger partial charge < -0.3 is 15.2 Å². The number of ether oxygens (including phenoxy) is 1. The van der Waals surface area contributed by atoms with E-state index < -0.39 is 40.1 Å². The van der Waals surface area contributed by atoms with E-state index >= 15 is 0 Å². The van der Waals surface area contributed by atoms with Crippen LogP contribution in [0.2, 0.25) is 0 Å². The van der Waals surface area contributed by atoms with E-state index in [2.05, 4.69) is 10.4 Å². The van der Waals surface area contributed by atoms with Crippen molar-refractivity contribution in [3.63, 3.8) is 0 Å². The minimum absolute atomic E-state index is 0.0707. The number of aromatic nitrogens is 2. The molecule has 0 unspecified atom stereocenters.